The number of carbonyl (C=O) groups is 2. The molecule has 1 aromatic heterocycles. The van der Waals surface area contributed by atoms with Crippen molar-refractivity contribution in [3.63, 3.8) is 0 Å². The van der Waals surface area contributed by atoms with E-state index in [1.165, 1.54) is 18.3 Å². The van der Waals surface area contributed by atoms with Gasteiger partial charge in [0, 0.05) is 12.2 Å². The molecule has 114 valence electrons. The van der Waals surface area contributed by atoms with Gasteiger partial charge in [0.15, 0.2) is 5.69 Å². The van der Waals surface area contributed by atoms with E-state index in [1.807, 2.05) is 0 Å². The van der Waals surface area contributed by atoms with E-state index in [4.69, 9.17) is 5.11 Å². The Morgan fingerprint density at radius 2 is 2.10 bits per heavy atom. The summed E-state index contributed by atoms with van der Waals surface area (Å²) in [6.07, 6.45) is -2.29. The molecule has 21 heavy (non-hydrogen) atoms. The summed E-state index contributed by atoms with van der Waals surface area (Å²) in [5.74, 6) is -1.38. The minimum atomic E-state index is -4.51. The van der Waals surface area contributed by atoms with E-state index >= 15 is 0 Å². The summed E-state index contributed by atoms with van der Waals surface area (Å²) >= 11 is 0. The number of hydrogen-bond acceptors (Lipinski definition) is 3. The summed E-state index contributed by atoms with van der Waals surface area (Å²) in [7, 11) is 0. The average Bonchev–Trinajstić information content (AvgIpc) is 3.19. The smallest absolute Gasteiger partial charge is 0.406 e. The second-order valence-corrected chi connectivity index (χ2v) is 4.61. The van der Waals surface area contributed by atoms with Gasteiger partial charge in [0.05, 0.1) is 5.69 Å². The lowest BCUT2D eigenvalue weighted by molar-refractivity contribution is -0.140. The molecule has 1 aromatic rings. The number of amides is 2. The lowest BCUT2D eigenvalue weighted by atomic mass is 10.3. The summed E-state index contributed by atoms with van der Waals surface area (Å²) < 4.78 is 37.4. The fourth-order valence-electron chi connectivity index (χ4n) is 1.81. The Morgan fingerprint density at radius 3 is 2.62 bits per heavy atom. The van der Waals surface area contributed by atoms with Crippen LogP contribution in [0.1, 0.15) is 23.3 Å². The number of rotatable bonds is 4. The van der Waals surface area contributed by atoms with Gasteiger partial charge >= 0.3 is 18.2 Å². The molecule has 2 amide bonds. The van der Waals surface area contributed by atoms with Crippen molar-refractivity contribution in [2.45, 2.75) is 25.1 Å². The van der Waals surface area contributed by atoms with Crippen molar-refractivity contribution < 1.29 is 27.9 Å². The zero-order chi connectivity index (χ0) is 15.6. The number of hydrogen-bond donors (Lipinski definition) is 2. The maximum Gasteiger partial charge on any atom is 0.406 e. The number of aromatic nitrogens is 1. The van der Waals surface area contributed by atoms with Crippen LogP contribution in [0, 0.1) is 0 Å². The third kappa shape index (κ3) is 4.07. The number of pyridine rings is 1. The second-order valence-electron chi connectivity index (χ2n) is 4.61. The van der Waals surface area contributed by atoms with E-state index in [2.05, 4.69) is 10.3 Å². The van der Waals surface area contributed by atoms with Crippen LogP contribution in [0.5, 0.6) is 0 Å². The van der Waals surface area contributed by atoms with Gasteiger partial charge in [-0.2, -0.15) is 13.2 Å². The third-order valence-corrected chi connectivity index (χ3v) is 2.85. The summed E-state index contributed by atoms with van der Waals surface area (Å²) in [6.45, 7) is -1.37. The predicted octanol–water partition coefficient (Wildman–Crippen LogP) is 2.34. The van der Waals surface area contributed by atoms with Gasteiger partial charge in [0.1, 0.15) is 6.54 Å². The van der Waals surface area contributed by atoms with Crippen molar-refractivity contribution in [2.75, 3.05) is 11.9 Å². The molecule has 1 saturated carbocycles. The molecule has 0 spiro atoms. The first-order valence-corrected chi connectivity index (χ1v) is 6.10. The largest absolute Gasteiger partial charge is 0.476 e. The molecule has 0 unspecified atom stereocenters. The second kappa shape index (κ2) is 5.58. The number of alkyl halides is 3. The predicted molar refractivity (Wildman–Crippen MR) is 66.0 cm³/mol. The molecule has 2 N–H and O–H groups in total. The molecule has 1 fully saturated rings. The molecular weight excluding hydrogens is 291 g/mol. The fraction of sp³-hybridized carbons (Fsp3) is 0.417. The molecular formula is C12H12F3N3O3. The van der Waals surface area contributed by atoms with Crippen LogP contribution in [-0.4, -0.2) is 45.8 Å². The van der Waals surface area contributed by atoms with Crippen molar-refractivity contribution >= 4 is 17.7 Å². The first-order chi connectivity index (χ1) is 9.78. The highest BCUT2D eigenvalue weighted by atomic mass is 19.4. The number of carboxylic acids is 1. The van der Waals surface area contributed by atoms with E-state index in [0.717, 1.165) is 0 Å². The number of aromatic carboxylic acids is 1. The summed E-state index contributed by atoms with van der Waals surface area (Å²) in [5, 5.41) is 11.1. The van der Waals surface area contributed by atoms with Gasteiger partial charge < -0.3 is 15.3 Å². The molecule has 0 bridgehead atoms. The van der Waals surface area contributed by atoms with Gasteiger partial charge in [0.25, 0.3) is 0 Å². The molecule has 6 nitrogen and oxygen atoms in total. The van der Waals surface area contributed by atoms with Crippen molar-refractivity contribution in [3.8, 4) is 0 Å². The van der Waals surface area contributed by atoms with E-state index in [1.54, 1.807) is 0 Å². The molecule has 0 radical (unpaired) electrons. The Labute approximate surface area is 117 Å². The minimum Gasteiger partial charge on any atom is -0.476 e. The van der Waals surface area contributed by atoms with Crippen LogP contribution in [0.3, 0.4) is 0 Å². The summed E-state index contributed by atoms with van der Waals surface area (Å²) in [4.78, 5) is 27.1. The highest BCUT2D eigenvalue weighted by molar-refractivity contribution is 5.98. The number of carboxylic acid groups (broad SMARTS) is 1. The average molecular weight is 303 g/mol. The molecule has 0 aliphatic heterocycles. The normalized spacial score (nSPS) is 14.6. The van der Waals surface area contributed by atoms with Crippen molar-refractivity contribution in [2.24, 2.45) is 0 Å². The van der Waals surface area contributed by atoms with Gasteiger partial charge in [-0.15, -0.1) is 0 Å². The Hall–Kier alpha value is -2.32. The van der Waals surface area contributed by atoms with Crippen LogP contribution in [0.2, 0.25) is 0 Å². The Morgan fingerprint density at radius 1 is 1.43 bits per heavy atom. The molecule has 2 rings (SSSR count). The number of urea groups is 1. The van der Waals surface area contributed by atoms with Crippen molar-refractivity contribution in [1.82, 2.24) is 9.88 Å². The monoisotopic (exact) mass is 303 g/mol. The van der Waals surface area contributed by atoms with E-state index in [0.29, 0.717) is 17.7 Å². The Bertz CT molecular complexity index is 558. The summed E-state index contributed by atoms with van der Waals surface area (Å²) in [6, 6.07) is 1.21. The van der Waals surface area contributed by atoms with Crippen LogP contribution < -0.4 is 5.32 Å². The molecule has 0 aromatic carbocycles. The molecule has 0 atom stereocenters. The molecule has 1 heterocycles. The van der Waals surface area contributed by atoms with Crippen molar-refractivity contribution in [1.29, 1.82) is 0 Å². The van der Waals surface area contributed by atoms with Crippen LogP contribution in [0.25, 0.3) is 0 Å². The van der Waals surface area contributed by atoms with E-state index < -0.39 is 36.5 Å². The zero-order valence-electron chi connectivity index (χ0n) is 10.7. The number of carbonyl (C=O) groups excluding carboxylic acids is 1. The Balaban J connectivity index is 2.14. The highest BCUT2D eigenvalue weighted by Gasteiger charge is 2.40. The first-order valence-electron chi connectivity index (χ1n) is 6.10. The van der Waals surface area contributed by atoms with Gasteiger partial charge in [-0.05, 0) is 25.0 Å². The highest BCUT2D eigenvalue weighted by Crippen LogP contribution is 2.30. The van der Waals surface area contributed by atoms with Crippen molar-refractivity contribution in [3.05, 3.63) is 24.0 Å². The lowest BCUT2D eigenvalue weighted by Gasteiger charge is -2.24. The molecule has 1 aliphatic rings. The van der Waals surface area contributed by atoms with Gasteiger partial charge in [-0.25, -0.2) is 14.6 Å². The van der Waals surface area contributed by atoms with E-state index in [-0.39, 0.29) is 5.69 Å². The quantitative estimate of drug-likeness (QED) is 0.894. The molecule has 9 heteroatoms. The molecule has 1 aliphatic carbocycles. The maximum atomic E-state index is 12.5. The van der Waals surface area contributed by atoms with Gasteiger partial charge in [-0.3, -0.25) is 0 Å². The van der Waals surface area contributed by atoms with Crippen LogP contribution in [0.15, 0.2) is 18.3 Å². The third-order valence-electron chi connectivity index (χ3n) is 2.85. The van der Waals surface area contributed by atoms with E-state index in [9.17, 15) is 22.8 Å². The van der Waals surface area contributed by atoms with Crippen LogP contribution in [0.4, 0.5) is 23.7 Å². The van der Waals surface area contributed by atoms with Crippen LogP contribution in [-0.2, 0) is 0 Å². The topological polar surface area (TPSA) is 82.5 Å². The number of nitrogens with one attached hydrogen (secondary N) is 1. The minimum absolute atomic E-state index is 0.136. The summed E-state index contributed by atoms with van der Waals surface area (Å²) in [5.41, 5.74) is -0.559. The standard InChI is InChI=1S/C12H12F3N3O3/c13-12(14,15)6-18(7-3-4-7)11(21)17-8-2-1-5-16-9(8)10(19)20/h1-2,5,7H,3-4,6H2,(H,17,21)(H,19,20). The Kier molecular flexibility index (Phi) is 4.01. The SMILES string of the molecule is O=C(O)c1ncccc1NC(=O)N(CC(F)(F)F)C1CC1. The number of anilines is 1. The maximum absolute atomic E-state index is 12.5. The first kappa shape index (κ1) is 15.1. The van der Waals surface area contributed by atoms with Gasteiger partial charge in [0.2, 0.25) is 0 Å². The zero-order valence-corrected chi connectivity index (χ0v) is 10.7. The van der Waals surface area contributed by atoms with Crippen LogP contribution >= 0.6 is 0 Å². The fourth-order valence-corrected chi connectivity index (χ4v) is 1.81. The lowest BCUT2D eigenvalue weighted by Crippen LogP contribution is -2.43. The number of nitrogens with zero attached hydrogens (tertiary/aromatic N) is 2. The number of halogens is 3. The molecule has 0 saturated heterocycles. The van der Waals surface area contributed by atoms with Gasteiger partial charge in [-0.1, -0.05) is 0 Å².